The van der Waals surface area contributed by atoms with Gasteiger partial charge < -0.3 is 9.26 Å². The smallest absolute Gasteiger partial charge is 0.313 e. The lowest BCUT2D eigenvalue weighted by Gasteiger charge is -2.69. The van der Waals surface area contributed by atoms with E-state index in [0.717, 1.165) is 57.1 Å². The van der Waals surface area contributed by atoms with Crippen LogP contribution >= 0.6 is 0 Å². The second-order valence-electron chi connectivity index (χ2n) is 15.4. The molecule has 1 saturated heterocycles. The van der Waals surface area contributed by atoms with Crippen LogP contribution in [0.15, 0.2) is 22.4 Å². The van der Waals surface area contributed by atoms with Gasteiger partial charge >= 0.3 is 5.97 Å². The highest BCUT2D eigenvalue weighted by Gasteiger charge is 2.82. The van der Waals surface area contributed by atoms with E-state index in [1.165, 1.54) is 11.1 Å². The van der Waals surface area contributed by atoms with Crippen molar-refractivity contribution in [2.75, 3.05) is 0 Å². The van der Waals surface area contributed by atoms with E-state index >= 15 is 0 Å². The number of hydrogen-bond acceptors (Lipinski definition) is 5. The van der Waals surface area contributed by atoms with E-state index in [4.69, 9.17) is 9.26 Å². The standard InChI is InChI=1S/C31H41NO4/c1-25(2)10-12-30-13-11-29(7)28(6)9-8-19-26(3,4)23-18(17-32-36-23)15-27(19,5)20(28)14-22(33)31(29,21(30)16-25)35-24(30)34/h14,17,19,21H,8-13,15-16H2,1-7H3/t19-,21?,27-,28+,29-,30-,31+/m0/s1. The molecular weight excluding hydrogens is 450 g/mol. The zero-order valence-corrected chi connectivity index (χ0v) is 23.0. The van der Waals surface area contributed by atoms with Crippen molar-refractivity contribution in [3.8, 4) is 0 Å². The van der Waals surface area contributed by atoms with Crippen LogP contribution in [0.25, 0.3) is 0 Å². The predicted molar refractivity (Wildman–Crippen MR) is 135 cm³/mol. The Balaban J connectivity index is 1.44. The van der Waals surface area contributed by atoms with Crippen LogP contribution in [0, 0.1) is 38.9 Å². The number of carbonyl (C=O) groups is 2. The quantitative estimate of drug-likeness (QED) is 0.396. The largest absolute Gasteiger partial charge is 0.449 e. The first-order chi connectivity index (χ1) is 16.7. The van der Waals surface area contributed by atoms with Crippen molar-refractivity contribution in [2.45, 2.75) is 111 Å². The van der Waals surface area contributed by atoms with Gasteiger partial charge in [-0.2, -0.15) is 0 Å². The summed E-state index contributed by atoms with van der Waals surface area (Å²) in [6, 6.07) is 0. The van der Waals surface area contributed by atoms with Crippen molar-refractivity contribution in [3.63, 3.8) is 0 Å². The molecule has 5 nitrogen and oxygen atoms in total. The number of ketones is 1. The first kappa shape index (κ1) is 23.2. The lowest BCUT2D eigenvalue weighted by Crippen LogP contribution is -2.71. The third-order valence-electron chi connectivity index (χ3n) is 13.1. The molecule has 4 fully saturated rings. The molecule has 36 heavy (non-hydrogen) atoms. The number of hydrogen-bond donors (Lipinski definition) is 0. The Morgan fingerprint density at radius 1 is 0.917 bits per heavy atom. The number of rotatable bonds is 0. The molecule has 1 unspecified atom stereocenters. The second-order valence-corrected chi connectivity index (χ2v) is 15.4. The maximum absolute atomic E-state index is 14.6. The molecule has 1 aromatic heterocycles. The molecule has 194 valence electrons. The van der Waals surface area contributed by atoms with Gasteiger partial charge in [0.05, 0.1) is 11.6 Å². The Hall–Kier alpha value is -1.91. The molecule has 7 rings (SSSR count). The van der Waals surface area contributed by atoms with Crippen LogP contribution < -0.4 is 0 Å². The van der Waals surface area contributed by atoms with Crippen LogP contribution in [0.2, 0.25) is 0 Å². The zero-order chi connectivity index (χ0) is 25.7. The van der Waals surface area contributed by atoms with Gasteiger partial charge in [0.2, 0.25) is 0 Å². The van der Waals surface area contributed by atoms with Gasteiger partial charge in [-0.05, 0) is 79.6 Å². The van der Waals surface area contributed by atoms with E-state index in [9.17, 15) is 9.59 Å². The number of aromatic nitrogens is 1. The Bertz CT molecular complexity index is 1250. The van der Waals surface area contributed by atoms with Gasteiger partial charge in [-0.25, -0.2) is 0 Å². The molecule has 3 saturated carbocycles. The van der Waals surface area contributed by atoms with E-state index in [2.05, 4.69) is 53.6 Å². The normalized spacial score (nSPS) is 49.6. The molecule has 5 aliphatic carbocycles. The van der Waals surface area contributed by atoms with Gasteiger partial charge in [0, 0.05) is 22.3 Å². The fourth-order valence-electron chi connectivity index (χ4n) is 11.1. The van der Waals surface area contributed by atoms with Gasteiger partial charge in [0.15, 0.2) is 11.4 Å². The van der Waals surface area contributed by atoms with Crippen molar-refractivity contribution in [3.05, 3.63) is 29.2 Å². The van der Waals surface area contributed by atoms with Gasteiger partial charge in [-0.3, -0.25) is 9.59 Å². The Morgan fingerprint density at radius 3 is 2.39 bits per heavy atom. The lowest BCUT2D eigenvalue weighted by atomic mass is 9.33. The molecule has 0 aromatic carbocycles. The van der Waals surface area contributed by atoms with Gasteiger partial charge in [-0.15, -0.1) is 0 Å². The minimum absolute atomic E-state index is 0.0277. The number of carbonyl (C=O) groups excluding carboxylic acids is 2. The van der Waals surface area contributed by atoms with E-state index < -0.39 is 16.4 Å². The summed E-state index contributed by atoms with van der Waals surface area (Å²) >= 11 is 0. The minimum Gasteiger partial charge on any atom is -0.449 e. The van der Waals surface area contributed by atoms with Crippen molar-refractivity contribution in [1.82, 2.24) is 5.16 Å². The summed E-state index contributed by atoms with van der Waals surface area (Å²) in [5, 5.41) is 4.18. The van der Waals surface area contributed by atoms with Crippen molar-refractivity contribution in [2.24, 2.45) is 38.9 Å². The van der Waals surface area contributed by atoms with Crippen molar-refractivity contribution < 1.29 is 18.8 Å². The summed E-state index contributed by atoms with van der Waals surface area (Å²) < 4.78 is 12.3. The highest BCUT2D eigenvalue weighted by molar-refractivity contribution is 6.05. The Kier molecular flexibility index (Phi) is 4.00. The van der Waals surface area contributed by atoms with Gasteiger partial charge in [0.25, 0.3) is 0 Å². The molecule has 2 heterocycles. The van der Waals surface area contributed by atoms with E-state index in [1.807, 2.05) is 12.3 Å². The third-order valence-corrected chi connectivity index (χ3v) is 13.1. The molecule has 0 N–H and O–H groups in total. The molecule has 0 radical (unpaired) electrons. The van der Waals surface area contributed by atoms with E-state index in [1.54, 1.807) is 0 Å². The number of fused-ring (bicyclic) bond motifs is 5. The molecule has 1 aliphatic heterocycles. The molecule has 1 aromatic rings. The average Bonchev–Trinajstić information content (AvgIpc) is 3.32. The third kappa shape index (κ3) is 2.19. The summed E-state index contributed by atoms with van der Waals surface area (Å²) in [6.45, 7) is 16.3. The first-order valence-electron chi connectivity index (χ1n) is 14.1. The summed E-state index contributed by atoms with van der Waals surface area (Å²) in [5.41, 5.74) is 0.108. The van der Waals surface area contributed by atoms with E-state index in [0.29, 0.717) is 5.92 Å². The summed E-state index contributed by atoms with van der Waals surface area (Å²) in [7, 11) is 0. The maximum atomic E-state index is 14.6. The number of esters is 1. The summed E-state index contributed by atoms with van der Waals surface area (Å²) in [6.07, 6.45) is 11.3. The highest BCUT2D eigenvalue weighted by atomic mass is 16.6. The minimum atomic E-state index is -1.03. The van der Waals surface area contributed by atoms with Crippen molar-refractivity contribution >= 4 is 11.8 Å². The van der Waals surface area contributed by atoms with Crippen LogP contribution in [0.5, 0.6) is 0 Å². The van der Waals surface area contributed by atoms with Crippen LogP contribution in [0.1, 0.15) is 105 Å². The Morgan fingerprint density at radius 2 is 1.64 bits per heavy atom. The van der Waals surface area contributed by atoms with Crippen molar-refractivity contribution in [1.29, 1.82) is 0 Å². The Labute approximate surface area is 214 Å². The molecule has 1 spiro atoms. The average molecular weight is 492 g/mol. The molecule has 6 aliphatic rings. The summed E-state index contributed by atoms with van der Waals surface area (Å²) in [5.74, 6) is 1.31. The molecule has 5 heteroatoms. The van der Waals surface area contributed by atoms with Crippen LogP contribution in [0.3, 0.4) is 0 Å². The highest BCUT2D eigenvalue weighted by Crippen LogP contribution is 2.78. The maximum Gasteiger partial charge on any atom is 0.313 e. The first-order valence-corrected chi connectivity index (χ1v) is 14.1. The monoisotopic (exact) mass is 491 g/mol. The number of ether oxygens (including phenoxy) is 1. The van der Waals surface area contributed by atoms with Crippen LogP contribution in [-0.2, 0) is 26.2 Å². The lowest BCUT2D eigenvalue weighted by molar-refractivity contribution is -0.207. The van der Waals surface area contributed by atoms with Crippen LogP contribution in [0.4, 0.5) is 0 Å². The van der Waals surface area contributed by atoms with Gasteiger partial charge in [0.1, 0.15) is 5.76 Å². The molecule has 7 atom stereocenters. The topological polar surface area (TPSA) is 69.4 Å². The SMILES string of the molecule is CC1(C)CC[C@@]23CC[C@@]4(C)[C@]5(C)CC[C@H]6C(C)(C)c7oncc7C[C@]6(C)C5=CC(=O)[C@]4(OC2=O)C3C1. The second kappa shape index (κ2) is 6.21. The number of allylic oxidation sites excluding steroid dienone is 1. The van der Waals surface area contributed by atoms with E-state index in [-0.39, 0.29) is 39.3 Å². The fraction of sp³-hybridized carbons (Fsp3) is 0.774. The zero-order valence-electron chi connectivity index (χ0n) is 23.0. The fourth-order valence-corrected chi connectivity index (χ4v) is 11.1. The molecular formula is C31H41NO4. The van der Waals surface area contributed by atoms with Gasteiger partial charge in [-0.1, -0.05) is 59.2 Å². The number of nitrogens with zero attached hydrogens (tertiary/aromatic N) is 1. The summed E-state index contributed by atoms with van der Waals surface area (Å²) in [4.78, 5) is 28.3. The molecule has 0 amide bonds. The molecule has 2 bridgehead atoms. The van der Waals surface area contributed by atoms with Crippen LogP contribution in [-0.4, -0.2) is 22.5 Å². The predicted octanol–water partition coefficient (Wildman–Crippen LogP) is 6.35.